The Morgan fingerprint density at radius 2 is 1.91 bits per heavy atom. The van der Waals surface area contributed by atoms with Crippen LogP contribution in [0, 0.1) is 12.3 Å². The van der Waals surface area contributed by atoms with Crippen LogP contribution in [-0.4, -0.2) is 19.7 Å². The maximum atomic E-state index is 11.4. The smallest absolute Gasteiger partial charge is 0.310 e. The average Bonchev–Trinajstić information content (AvgIpc) is 2.59. The Hall–Kier alpha value is -2.93. The first-order valence-corrected chi connectivity index (χ1v) is 7.23. The summed E-state index contributed by atoms with van der Waals surface area (Å²) in [5.41, 5.74) is 1.81. The number of rotatable bonds is 6. The molecule has 0 N–H and O–H groups in total. The molecule has 0 aromatic heterocycles. The molecular formula is C19H18O4. The fraction of sp³-hybridized carbons (Fsp3) is 0.211. The number of ether oxygens (including phenoxy) is 3. The number of benzene rings is 2. The summed E-state index contributed by atoms with van der Waals surface area (Å²) in [6.45, 7) is 1.92. The van der Waals surface area contributed by atoms with E-state index in [0.717, 1.165) is 11.1 Å². The summed E-state index contributed by atoms with van der Waals surface area (Å²) in [6, 6.07) is 12.9. The molecule has 2 aromatic carbocycles. The monoisotopic (exact) mass is 310 g/mol. The van der Waals surface area contributed by atoms with E-state index in [1.165, 1.54) is 0 Å². The predicted molar refractivity (Wildman–Crippen MR) is 88.7 cm³/mol. The van der Waals surface area contributed by atoms with Gasteiger partial charge in [0.2, 0.25) is 0 Å². The Morgan fingerprint density at radius 3 is 2.61 bits per heavy atom. The quantitative estimate of drug-likeness (QED) is 0.464. The van der Waals surface area contributed by atoms with Crippen LogP contribution >= 0.6 is 0 Å². The number of terminal acetylenes is 1. The second-order valence-corrected chi connectivity index (χ2v) is 4.71. The molecule has 0 saturated heterocycles. The number of esters is 1. The molecular weight excluding hydrogens is 292 g/mol. The third kappa shape index (κ3) is 4.27. The number of hydrogen-bond donors (Lipinski definition) is 0. The first-order valence-electron chi connectivity index (χ1n) is 7.23. The third-order valence-corrected chi connectivity index (χ3v) is 3.16. The van der Waals surface area contributed by atoms with Crippen molar-refractivity contribution >= 4 is 5.97 Å². The average molecular weight is 310 g/mol. The molecule has 0 aliphatic carbocycles. The zero-order chi connectivity index (χ0) is 16.7. The molecule has 0 aliphatic heterocycles. The second-order valence-electron chi connectivity index (χ2n) is 4.71. The molecule has 0 amide bonds. The van der Waals surface area contributed by atoms with Gasteiger partial charge in [-0.25, -0.2) is 0 Å². The fourth-order valence-electron chi connectivity index (χ4n) is 2.03. The molecule has 0 fully saturated rings. The second kappa shape index (κ2) is 7.90. The van der Waals surface area contributed by atoms with Crippen molar-refractivity contribution in [1.29, 1.82) is 0 Å². The van der Waals surface area contributed by atoms with E-state index in [1.807, 2.05) is 30.3 Å². The zero-order valence-corrected chi connectivity index (χ0v) is 13.2. The van der Waals surface area contributed by atoms with Crippen molar-refractivity contribution in [2.24, 2.45) is 0 Å². The SMILES string of the molecule is C#CCOc1cc(-c2cccc(OC(=O)CC)c2)ccc1OC. The van der Waals surface area contributed by atoms with E-state index in [1.54, 1.807) is 26.2 Å². The lowest BCUT2D eigenvalue weighted by Crippen LogP contribution is -2.05. The zero-order valence-electron chi connectivity index (χ0n) is 13.2. The van der Waals surface area contributed by atoms with Gasteiger partial charge in [0.15, 0.2) is 11.5 Å². The van der Waals surface area contributed by atoms with Gasteiger partial charge in [0.1, 0.15) is 12.4 Å². The number of hydrogen-bond acceptors (Lipinski definition) is 4. The molecule has 0 spiro atoms. The summed E-state index contributed by atoms with van der Waals surface area (Å²) >= 11 is 0. The summed E-state index contributed by atoms with van der Waals surface area (Å²) in [4.78, 5) is 11.4. The number of carbonyl (C=O) groups is 1. The van der Waals surface area contributed by atoms with Crippen molar-refractivity contribution in [3.8, 4) is 40.7 Å². The summed E-state index contributed by atoms with van der Waals surface area (Å²) in [5.74, 6) is 3.85. The van der Waals surface area contributed by atoms with E-state index < -0.39 is 0 Å². The van der Waals surface area contributed by atoms with Crippen LogP contribution in [0.2, 0.25) is 0 Å². The van der Waals surface area contributed by atoms with Crippen LogP contribution in [0.25, 0.3) is 11.1 Å². The molecule has 2 rings (SSSR count). The lowest BCUT2D eigenvalue weighted by Gasteiger charge is -2.11. The Morgan fingerprint density at radius 1 is 1.13 bits per heavy atom. The summed E-state index contributed by atoms with van der Waals surface area (Å²) in [7, 11) is 1.57. The van der Waals surface area contributed by atoms with Gasteiger partial charge in [-0.05, 0) is 35.4 Å². The molecule has 0 radical (unpaired) electrons. The maximum Gasteiger partial charge on any atom is 0.310 e. The van der Waals surface area contributed by atoms with Crippen LogP contribution in [0.5, 0.6) is 17.2 Å². The molecule has 0 bridgehead atoms. The standard InChI is InChI=1S/C19H18O4/c1-4-11-22-18-13-15(9-10-17(18)21-3)14-7-6-8-16(12-14)23-19(20)5-2/h1,6-10,12-13H,5,11H2,2-3H3. The lowest BCUT2D eigenvalue weighted by atomic mass is 10.0. The summed E-state index contributed by atoms with van der Waals surface area (Å²) in [5, 5.41) is 0. The molecule has 0 atom stereocenters. The Balaban J connectivity index is 2.32. The third-order valence-electron chi connectivity index (χ3n) is 3.16. The van der Waals surface area contributed by atoms with Gasteiger partial charge in [0.25, 0.3) is 0 Å². The van der Waals surface area contributed by atoms with Gasteiger partial charge in [-0.1, -0.05) is 31.0 Å². The van der Waals surface area contributed by atoms with Crippen molar-refractivity contribution < 1.29 is 19.0 Å². The van der Waals surface area contributed by atoms with E-state index in [0.29, 0.717) is 23.7 Å². The van der Waals surface area contributed by atoms with Crippen molar-refractivity contribution in [1.82, 2.24) is 0 Å². The minimum Gasteiger partial charge on any atom is -0.493 e. The Kier molecular flexibility index (Phi) is 5.65. The Bertz CT molecular complexity index is 728. The molecule has 0 heterocycles. The van der Waals surface area contributed by atoms with E-state index >= 15 is 0 Å². The minimum absolute atomic E-state index is 0.161. The van der Waals surface area contributed by atoms with E-state index in [-0.39, 0.29) is 12.6 Å². The van der Waals surface area contributed by atoms with Crippen LogP contribution in [-0.2, 0) is 4.79 Å². The van der Waals surface area contributed by atoms with Crippen LogP contribution < -0.4 is 14.2 Å². The topological polar surface area (TPSA) is 44.8 Å². The molecule has 2 aromatic rings. The van der Waals surface area contributed by atoms with Gasteiger partial charge < -0.3 is 14.2 Å². The summed E-state index contributed by atoms with van der Waals surface area (Å²) in [6.07, 6.45) is 5.56. The molecule has 0 saturated carbocycles. The van der Waals surface area contributed by atoms with Gasteiger partial charge in [0.05, 0.1) is 7.11 Å². The van der Waals surface area contributed by atoms with Gasteiger partial charge >= 0.3 is 5.97 Å². The van der Waals surface area contributed by atoms with Gasteiger partial charge in [-0.2, -0.15) is 0 Å². The maximum absolute atomic E-state index is 11.4. The van der Waals surface area contributed by atoms with Crippen molar-refractivity contribution in [2.45, 2.75) is 13.3 Å². The lowest BCUT2D eigenvalue weighted by molar-refractivity contribution is -0.134. The van der Waals surface area contributed by atoms with Gasteiger partial charge in [-0.3, -0.25) is 4.79 Å². The fourth-order valence-corrected chi connectivity index (χ4v) is 2.03. The largest absolute Gasteiger partial charge is 0.493 e. The van der Waals surface area contributed by atoms with Crippen LogP contribution in [0.1, 0.15) is 13.3 Å². The highest BCUT2D eigenvalue weighted by Crippen LogP contribution is 2.33. The van der Waals surface area contributed by atoms with Crippen LogP contribution in [0.3, 0.4) is 0 Å². The Labute approximate surface area is 136 Å². The summed E-state index contributed by atoms with van der Waals surface area (Å²) < 4.78 is 16.0. The molecule has 4 nitrogen and oxygen atoms in total. The molecule has 118 valence electrons. The number of carbonyl (C=O) groups excluding carboxylic acids is 1. The minimum atomic E-state index is -0.269. The van der Waals surface area contributed by atoms with E-state index in [2.05, 4.69) is 5.92 Å². The van der Waals surface area contributed by atoms with Crippen molar-refractivity contribution in [3.63, 3.8) is 0 Å². The van der Waals surface area contributed by atoms with Crippen LogP contribution in [0.4, 0.5) is 0 Å². The van der Waals surface area contributed by atoms with Gasteiger partial charge in [0, 0.05) is 6.42 Å². The highest BCUT2D eigenvalue weighted by atomic mass is 16.5. The normalized spacial score (nSPS) is 9.78. The predicted octanol–water partition coefficient (Wildman–Crippen LogP) is 3.69. The molecule has 4 heteroatoms. The van der Waals surface area contributed by atoms with E-state index in [9.17, 15) is 4.79 Å². The molecule has 23 heavy (non-hydrogen) atoms. The van der Waals surface area contributed by atoms with Crippen molar-refractivity contribution in [2.75, 3.05) is 13.7 Å². The first-order chi connectivity index (χ1) is 11.2. The van der Waals surface area contributed by atoms with Crippen LogP contribution in [0.15, 0.2) is 42.5 Å². The van der Waals surface area contributed by atoms with Crippen molar-refractivity contribution in [3.05, 3.63) is 42.5 Å². The number of methoxy groups -OCH3 is 1. The highest BCUT2D eigenvalue weighted by Gasteiger charge is 2.09. The highest BCUT2D eigenvalue weighted by molar-refractivity contribution is 5.74. The first kappa shape index (κ1) is 16.4. The molecule has 0 aliphatic rings. The van der Waals surface area contributed by atoms with Gasteiger partial charge in [-0.15, -0.1) is 6.42 Å². The van der Waals surface area contributed by atoms with E-state index in [4.69, 9.17) is 20.6 Å². The molecule has 0 unspecified atom stereocenters.